The first-order valence-electron chi connectivity index (χ1n) is 9.12. The summed E-state index contributed by atoms with van der Waals surface area (Å²) >= 11 is 0. The maximum atomic E-state index is 12.4. The molecule has 0 radical (unpaired) electrons. The summed E-state index contributed by atoms with van der Waals surface area (Å²) in [7, 11) is -3.55. The Bertz CT molecular complexity index is 852. The maximum Gasteiger partial charge on any atom is 0.242 e. The zero-order chi connectivity index (χ0) is 19.3. The number of nitrogens with zero attached hydrogens (tertiary/aromatic N) is 1. The van der Waals surface area contributed by atoms with Crippen molar-refractivity contribution in [3.05, 3.63) is 42.6 Å². The van der Waals surface area contributed by atoms with Crippen molar-refractivity contribution in [1.29, 1.82) is 0 Å². The van der Waals surface area contributed by atoms with Crippen molar-refractivity contribution in [2.75, 3.05) is 18.5 Å². The predicted octanol–water partition coefficient (Wildman–Crippen LogP) is 2.80. The van der Waals surface area contributed by atoms with E-state index in [1.54, 1.807) is 12.1 Å². The molecule has 1 aromatic carbocycles. The SMILES string of the molecule is CCC(CC)NS(=O)(=O)c1ccc(NCC2COc3ccccc3O2)nc1. The van der Waals surface area contributed by atoms with Gasteiger partial charge in [-0.05, 0) is 37.1 Å². The summed E-state index contributed by atoms with van der Waals surface area (Å²) in [4.78, 5) is 4.36. The van der Waals surface area contributed by atoms with E-state index in [1.165, 1.54) is 6.20 Å². The van der Waals surface area contributed by atoms with E-state index in [-0.39, 0.29) is 17.0 Å². The van der Waals surface area contributed by atoms with Crippen molar-refractivity contribution in [2.24, 2.45) is 0 Å². The number of aromatic nitrogens is 1. The van der Waals surface area contributed by atoms with Crippen LogP contribution in [0.15, 0.2) is 47.5 Å². The number of fused-ring (bicyclic) bond motifs is 1. The highest BCUT2D eigenvalue weighted by Gasteiger charge is 2.21. The van der Waals surface area contributed by atoms with Crippen LogP contribution in [-0.4, -0.2) is 38.7 Å². The Balaban J connectivity index is 1.57. The highest BCUT2D eigenvalue weighted by molar-refractivity contribution is 7.89. The second-order valence-electron chi connectivity index (χ2n) is 6.39. The molecule has 1 aliphatic heterocycles. The summed E-state index contributed by atoms with van der Waals surface area (Å²) in [5.41, 5.74) is 0. The van der Waals surface area contributed by atoms with Gasteiger partial charge in [-0.25, -0.2) is 18.1 Å². The number of anilines is 1. The van der Waals surface area contributed by atoms with E-state index in [1.807, 2.05) is 38.1 Å². The van der Waals surface area contributed by atoms with E-state index in [0.717, 1.165) is 24.3 Å². The molecule has 1 aromatic heterocycles. The van der Waals surface area contributed by atoms with Crippen LogP contribution >= 0.6 is 0 Å². The van der Waals surface area contributed by atoms with Gasteiger partial charge in [0.1, 0.15) is 23.4 Å². The lowest BCUT2D eigenvalue weighted by Gasteiger charge is -2.26. The number of sulfonamides is 1. The Kier molecular flexibility index (Phi) is 6.18. The van der Waals surface area contributed by atoms with Crippen LogP contribution in [0.2, 0.25) is 0 Å². The summed E-state index contributed by atoms with van der Waals surface area (Å²) in [5.74, 6) is 2.04. The zero-order valence-corrected chi connectivity index (χ0v) is 16.3. The van der Waals surface area contributed by atoms with Gasteiger partial charge in [0.15, 0.2) is 11.5 Å². The quantitative estimate of drug-likeness (QED) is 0.719. The summed E-state index contributed by atoms with van der Waals surface area (Å²) in [6, 6.07) is 10.7. The largest absolute Gasteiger partial charge is 0.486 e. The molecule has 1 atom stereocenters. The highest BCUT2D eigenvalue weighted by Crippen LogP contribution is 2.30. The predicted molar refractivity (Wildman–Crippen MR) is 104 cm³/mol. The van der Waals surface area contributed by atoms with E-state index in [4.69, 9.17) is 9.47 Å². The molecule has 8 heteroatoms. The van der Waals surface area contributed by atoms with E-state index in [2.05, 4.69) is 15.0 Å². The third-order valence-electron chi connectivity index (χ3n) is 4.43. The second-order valence-corrected chi connectivity index (χ2v) is 8.11. The van der Waals surface area contributed by atoms with Gasteiger partial charge in [-0.2, -0.15) is 0 Å². The fourth-order valence-corrected chi connectivity index (χ4v) is 4.12. The van der Waals surface area contributed by atoms with Crippen LogP contribution in [0.4, 0.5) is 5.82 Å². The number of nitrogens with one attached hydrogen (secondary N) is 2. The standard InChI is InChI=1S/C19H25N3O4S/c1-3-14(4-2)22-27(23,24)16-9-10-19(21-12-16)20-11-15-13-25-17-7-5-6-8-18(17)26-15/h5-10,12,14-15,22H,3-4,11,13H2,1-2H3,(H,20,21). The van der Waals surface area contributed by atoms with E-state index >= 15 is 0 Å². The van der Waals surface area contributed by atoms with Gasteiger partial charge < -0.3 is 14.8 Å². The van der Waals surface area contributed by atoms with Gasteiger partial charge in [-0.15, -0.1) is 0 Å². The molecule has 1 unspecified atom stereocenters. The first-order valence-corrected chi connectivity index (χ1v) is 10.6. The van der Waals surface area contributed by atoms with Crippen LogP contribution in [0.1, 0.15) is 26.7 Å². The topological polar surface area (TPSA) is 89.6 Å². The fraction of sp³-hybridized carbons (Fsp3) is 0.421. The van der Waals surface area contributed by atoms with Crippen LogP contribution in [0.25, 0.3) is 0 Å². The molecule has 0 aliphatic carbocycles. The molecule has 7 nitrogen and oxygen atoms in total. The summed E-state index contributed by atoms with van der Waals surface area (Å²) in [6.45, 7) is 4.85. The molecule has 3 rings (SSSR count). The van der Waals surface area contributed by atoms with Gasteiger partial charge in [0.2, 0.25) is 10.0 Å². The summed E-state index contributed by atoms with van der Waals surface area (Å²) < 4.78 is 39.0. The van der Waals surface area contributed by atoms with Gasteiger partial charge >= 0.3 is 0 Å². The molecule has 2 N–H and O–H groups in total. The first kappa shape index (κ1) is 19.4. The Hall–Kier alpha value is -2.32. The Morgan fingerprint density at radius 2 is 1.89 bits per heavy atom. The van der Waals surface area contributed by atoms with Gasteiger partial charge in [0, 0.05) is 12.2 Å². The van der Waals surface area contributed by atoms with Crippen molar-refractivity contribution < 1.29 is 17.9 Å². The average Bonchev–Trinajstić information content (AvgIpc) is 2.70. The summed E-state index contributed by atoms with van der Waals surface area (Å²) in [6.07, 6.45) is 2.70. The lowest BCUT2D eigenvalue weighted by molar-refractivity contribution is 0.0997. The van der Waals surface area contributed by atoms with Crippen molar-refractivity contribution in [2.45, 2.75) is 43.7 Å². The molecule has 0 saturated heterocycles. The third-order valence-corrected chi connectivity index (χ3v) is 5.94. The van der Waals surface area contributed by atoms with Gasteiger partial charge in [0.05, 0.1) is 6.54 Å². The molecule has 0 spiro atoms. The number of pyridine rings is 1. The van der Waals surface area contributed by atoms with E-state index in [9.17, 15) is 8.42 Å². The number of hydrogen-bond acceptors (Lipinski definition) is 6. The number of benzene rings is 1. The molecular formula is C19H25N3O4S. The van der Waals surface area contributed by atoms with Crippen LogP contribution in [-0.2, 0) is 10.0 Å². The van der Waals surface area contributed by atoms with Gasteiger partial charge in [0.25, 0.3) is 0 Å². The number of para-hydroxylation sites is 2. The number of ether oxygens (including phenoxy) is 2. The summed E-state index contributed by atoms with van der Waals surface area (Å²) in [5, 5.41) is 3.16. The first-order chi connectivity index (χ1) is 13.0. The van der Waals surface area contributed by atoms with Crippen LogP contribution in [0.3, 0.4) is 0 Å². The Morgan fingerprint density at radius 1 is 1.15 bits per heavy atom. The second kappa shape index (κ2) is 8.58. The minimum Gasteiger partial charge on any atom is -0.486 e. The molecule has 0 amide bonds. The van der Waals surface area contributed by atoms with Crippen molar-refractivity contribution in [3.63, 3.8) is 0 Å². The Labute approximate surface area is 160 Å². The molecular weight excluding hydrogens is 366 g/mol. The fourth-order valence-electron chi connectivity index (χ4n) is 2.77. The third kappa shape index (κ3) is 4.90. The van der Waals surface area contributed by atoms with Crippen molar-refractivity contribution in [1.82, 2.24) is 9.71 Å². The van der Waals surface area contributed by atoms with Crippen LogP contribution in [0.5, 0.6) is 11.5 Å². The monoisotopic (exact) mass is 391 g/mol. The molecule has 2 heterocycles. The highest BCUT2D eigenvalue weighted by atomic mass is 32.2. The Morgan fingerprint density at radius 3 is 2.56 bits per heavy atom. The van der Waals surface area contributed by atoms with E-state index in [0.29, 0.717) is 19.0 Å². The normalized spacial score (nSPS) is 16.3. The smallest absolute Gasteiger partial charge is 0.242 e. The van der Waals surface area contributed by atoms with Crippen molar-refractivity contribution in [3.8, 4) is 11.5 Å². The van der Waals surface area contributed by atoms with E-state index < -0.39 is 10.0 Å². The van der Waals surface area contributed by atoms with Crippen LogP contribution in [0, 0.1) is 0 Å². The number of rotatable bonds is 8. The van der Waals surface area contributed by atoms with Crippen molar-refractivity contribution >= 4 is 15.8 Å². The minimum atomic E-state index is -3.55. The minimum absolute atomic E-state index is 0.0703. The van der Waals surface area contributed by atoms with Gasteiger partial charge in [-0.3, -0.25) is 0 Å². The molecule has 0 saturated carbocycles. The lowest BCUT2D eigenvalue weighted by Crippen LogP contribution is -2.35. The zero-order valence-electron chi connectivity index (χ0n) is 15.5. The molecule has 2 aromatic rings. The molecule has 0 bridgehead atoms. The maximum absolute atomic E-state index is 12.4. The molecule has 0 fully saturated rings. The number of hydrogen-bond donors (Lipinski definition) is 2. The molecule has 1 aliphatic rings. The molecule has 146 valence electrons. The van der Waals surface area contributed by atoms with Gasteiger partial charge in [-0.1, -0.05) is 26.0 Å². The molecule has 27 heavy (non-hydrogen) atoms. The van der Waals surface area contributed by atoms with Crippen LogP contribution < -0.4 is 19.5 Å². The lowest BCUT2D eigenvalue weighted by atomic mass is 10.2. The average molecular weight is 391 g/mol.